The number of carboxylic acids is 1. The largest absolute Gasteiger partial charge is 0.478 e. The van der Waals surface area contributed by atoms with E-state index >= 15 is 0 Å². The summed E-state index contributed by atoms with van der Waals surface area (Å²) in [4.78, 5) is 23.1. The van der Waals surface area contributed by atoms with Crippen LogP contribution in [0.1, 0.15) is 28.8 Å². The van der Waals surface area contributed by atoms with Gasteiger partial charge in [0.15, 0.2) is 9.84 Å². The molecule has 6 nitrogen and oxygen atoms in total. The van der Waals surface area contributed by atoms with E-state index in [2.05, 4.69) is 5.32 Å². The SMILES string of the molecule is Cc1ccc(C(=O)O)c(NC(=O)C[C@H]2CCS(=O)(=O)C2)c1. The fourth-order valence-corrected chi connectivity index (χ4v) is 4.31. The molecule has 1 aliphatic rings. The molecule has 1 aromatic rings. The van der Waals surface area contributed by atoms with Gasteiger partial charge in [0.05, 0.1) is 22.8 Å². The molecule has 0 unspecified atom stereocenters. The van der Waals surface area contributed by atoms with Crippen LogP contribution >= 0.6 is 0 Å². The van der Waals surface area contributed by atoms with Crippen LogP contribution in [-0.4, -0.2) is 36.9 Å². The Bertz CT molecular complexity index is 681. The standard InChI is InChI=1S/C14H17NO5S/c1-9-2-3-11(14(17)18)12(6-9)15-13(16)7-10-4-5-21(19,20)8-10/h2-3,6,10H,4-5,7-8H2,1H3,(H,15,16)(H,17,18)/t10-/m1/s1. The normalized spacial score (nSPS) is 20.1. The predicted octanol–water partition coefficient (Wildman–Crippen LogP) is 1.46. The zero-order chi connectivity index (χ0) is 15.6. The Morgan fingerprint density at radius 2 is 2.10 bits per heavy atom. The summed E-state index contributed by atoms with van der Waals surface area (Å²) < 4.78 is 22.7. The monoisotopic (exact) mass is 311 g/mol. The Kier molecular flexibility index (Phi) is 4.32. The summed E-state index contributed by atoms with van der Waals surface area (Å²) in [6.45, 7) is 1.80. The van der Waals surface area contributed by atoms with Crippen molar-refractivity contribution in [2.45, 2.75) is 19.8 Å². The second-order valence-electron chi connectivity index (χ2n) is 5.38. The van der Waals surface area contributed by atoms with Gasteiger partial charge in [0.2, 0.25) is 5.91 Å². The minimum atomic E-state index is -3.02. The highest BCUT2D eigenvalue weighted by atomic mass is 32.2. The summed E-state index contributed by atoms with van der Waals surface area (Å²) in [5.41, 5.74) is 1.10. The molecule has 1 saturated heterocycles. The molecule has 0 radical (unpaired) electrons. The van der Waals surface area contributed by atoms with E-state index < -0.39 is 15.8 Å². The van der Waals surface area contributed by atoms with Crippen LogP contribution in [0.3, 0.4) is 0 Å². The van der Waals surface area contributed by atoms with Crippen molar-refractivity contribution in [3.63, 3.8) is 0 Å². The molecule has 21 heavy (non-hydrogen) atoms. The second kappa shape index (κ2) is 5.85. The third kappa shape index (κ3) is 4.04. The van der Waals surface area contributed by atoms with Gasteiger partial charge in [-0.2, -0.15) is 0 Å². The van der Waals surface area contributed by atoms with E-state index in [9.17, 15) is 18.0 Å². The zero-order valence-electron chi connectivity index (χ0n) is 11.6. The van der Waals surface area contributed by atoms with Crippen LogP contribution in [-0.2, 0) is 14.6 Å². The van der Waals surface area contributed by atoms with E-state index in [0.717, 1.165) is 5.56 Å². The number of carbonyl (C=O) groups is 2. The topological polar surface area (TPSA) is 101 Å². The van der Waals surface area contributed by atoms with Crippen molar-refractivity contribution in [2.24, 2.45) is 5.92 Å². The highest BCUT2D eigenvalue weighted by Gasteiger charge is 2.29. The fraction of sp³-hybridized carbons (Fsp3) is 0.429. The Hall–Kier alpha value is -1.89. The first-order chi connectivity index (χ1) is 9.77. The second-order valence-corrected chi connectivity index (χ2v) is 7.60. The van der Waals surface area contributed by atoms with E-state index in [0.29, 0.717) is 6.42 Å². The average Bonchev–Trinajstić information content (AvgIpc) is 2.67. The first-order valence-corrected chi connectivity index (χ1v) is 8.43. The zero-order valence-corrected chi connectivity index (χ0v) is 12.4. The van der Waals surface area contributed by atoms with Crippen molar-refractivity contribution in [3.8, 4) is 0 Å². The van der Waals surface area contributed by atoms with Gasteiger partial charge in [0.1, 0.15) is 0 Å². The maximum absolute atomic E-state index is 12.0. The molecule has 0 spiro atoms. The molecule has 7 heteroatoms. The maximum atomic E-state index is 12.0. The fourth-order valence-electron chi connectivity index (χ4n) is 2.44. The number of rotatable bonds is 4. The van der Waals surface area contributed by atoms with Crippen LogP contribution in [0.5, 0.6) is 0 Å². The molecule has 0 bridgehead atoms. The molecule has 2 N–H and O–H groups in total. The Labute approximate surface area is 123 Å². The van der Waals surface area contributed by atoms with Crippen molar-refractivity contribution >= 4 is 27.4 Å². The number of carboxylic acid groups (broad SMARTS) is 1. The Morgan fingerprint density at radius 1 is 1.38 bits per heavy atom. The summed E-state index contributed by atoms with van der Waals surface area (Å²) in [6, 6.07) is 4.68. The number of nitrogens with one attached hydrogen (secondary N) is 1. The molecule has 1 fully saturated rings. The molecule has 1 atom stereocenters. The lowest BCUT2D eigenvalue weighted by Gasteiger charge is -2.11. The van der Waals surface area contributed by atoms with Gasteiger partial charge >= 0.3 is 5.97 Å². The molecule has 1 amide bonds. The predicted molar refractivity (Wildman–Crippen MR) is 78.1 cm³/mol. The summed E-state index contributed by atoms with van der Waals surface area (Å²) >= 11 is 0. The van der Waals surface area contributed by atoms with Crippen molar-refractivity contribution in [3.05, 3.63) is 29.3 Å². The van der Waals surface area contributed by atoms with E-state index in [-0.39, 0.29) is 41.0 Å². The molecular formula is C14H17NO5S. The molecule has 0 aliphatic carbocycles. The van der Waals surface area contributed by atoms with Gasteiger partial charge in [-0.15, -0.1) is 0 Å². The van der Waals surface area contributed by atoms with Crippen LogP contribution in [0.4, 0.5) is 5.69 Å². The summed E-state index contributed by atoms with van der Waals surface area (Å²) in [6.07, 6.45) is 0.571. The van der Waals surface area contributed by atoms with Crippen molar-refractivity contribution in [2.75, 3.05) is 16.8 Å². The number of aromatic carboxylic acids is 1. The van der Waals surface area contributed by atoms with E-state index in [1.807, 2.05) is 0 Å². The number of sulfone groups is 1. The highest BCUT2D eigenvalue weighted by molar-refractivity contribution is 7.91. The molecule has 1 aromatic carbocycles. The number of hydrogen-bond donors (Lipinski definition) is 2. The van der Waals surface area contributed by atoms with Crippen LogP contribution in [0.15, 0.2) is 18.2 Å². The van der Waals surface area contributed by atoms with Crippen molar-refractivity contribution in [1.82, 2.24) is 0 Å². The van der Waals surface area contributed by atoms with E-state index in [4.69, 9.17) is 5.11 Å². The van der Waals surface area contributed by atoms with E-state index in [1.165, 1.54) is 6.07 Å². The van der Waals surface area contributed by atoms with Gasteiger partial charge in [0, 0.05) is 6.42 Å². The van der Waals surface area contributed by atoms with Gasteiger partial charge in [-0.25, -0.2) is 13.2 Å². The van der Waals surface area contributed by atoms with Crippen molar-refractivity contribution < 1.29 is 23.1 Å². The lowest BCUT2D eigenvalue weighted by Crippen LogP contribution is -2.19. The molecule has 0 saturated carbocycles. The minimum absolute atomic E-state index is 0.0213. The lowest BCUT2D eigenvalue weighted by atomic mass is 10.0. The molecule has 2 rings (SSSR count). The van der Waals surface area contributed by atoms with Crippen LogP contribution in [0.2, 0.25) is 0 Å². The van der Waals surface area contributed by atoms with E-state index in [1.54, 1.807) is 19.1 Å². The van der Waals surface area contributed by atoms with Crippen LogP contribution < -0.4 is 5.32 Å². The number of aryl methyl sites for hydroxylation is 1. The van der Waals surface area contributed by atoms with Gasteiger partial charge in [0.25, 0.3) is 0 Å². The molecule has 0 aromatic heterocycles. The third-order valence-electron chi connectivity index (χ3n) is 3.48. The average molecular weight is 311 g/mol. The summed E-state index contributed by atoms with van der Waals surface area (Å²) in [7, 11) is -3.02. The number of anilines is 1. The highest BCUT2D eigenvalue weighted by Crippen LogP contribution is 2.23. The van der Waals surface area contributed by atoms with Gasteiger partial charge in [-0.1, -0.05) is 6.07 Å². The number of amides is 1. The smallest absolute Gasteiger partial charge is 0.337 e. The number of hydrogen-bond acceptors (Lipinski definition) is 4. The van der Waals surface area contributed by atoms with Crippen LogP contribution in [0, 0.1) is 12.8 Å². The van der Waals surface area contributed by atoms with Crippen LogP contribution in [0.25, 0.3) is 0 Å². The molecule has 1 heterocycles. The summed E-state index contributed by atoms with van der Waals surface area (Å²) in [5, 5.41) is 11.7. The number of carbonyl (C=O) groups excluding carboxylic acids is 1. The van der Waals surface area contributed by atoms with Crippen molar-refractivity contribution in [1.29, 1.82) is 0 Å². The lowest BCUT2D eigenvalue weighted by molar-refractivity contribution is -0.116. The van der Waals surface area contributed by atoms with Gasteiger partial charge in [-0.3, -0.25) is 4.79 Å². The minimum Gasteiger partial charge on any atom is -0.478 e. The molecular weight excluding hydrogens is 294 g/mol. The van der Waals surface area contributed by atoms with Gasteiger partial charge in [-0.05, 0) is 37.0 Å². The summed E-state index contributed by atoms with van der Waals surface area (Å²) in [5.74, 6) is -1.51. The third-order valence-corrected chi connectivity index (χ3v) is 5.32. The first kappa shape index (κ1) is 15.5. The molecule has 114 valence electrons. The number of benzene rings is 1. The first-order valence-electron chi connectivity index (χ1n) is 6.61. The Balaban J connectivity index is 2.06. The molecule has 1 aliphatic heterocycles. The quantitative estimate of drug-likeness (QED) is 0.876. The Morgan fingerprint density at radius 3 is 2.67 bits per heavy atom. The maximum Gasteiger partial charge on any atom is 0.337 e. The van der Waals surface area contributed by atoms with Gasteiger partial charge < -0.3 is 10.4 Å².